The van der Waals surface area contributed by atoms with Gasteiger partial charge in [-0.2, -0.15) is 0 Å². The van der Waals surface area contributed by atoms with Crippen molar-refractivity contribution >= 4 is 23.5 Å². The summed E-state index contributed by atoms with van der Waals surface area (Å²) >= 11 is 5.76. The second kappa shape index (κ2) is 8.00. The molecule has 1 saturated heterocycles. The lowest BCUT2D eigenvalue weighted by Crippen LogP contribution is -2.58. The van der Waals surface area contributed by atoms with E-state index >= 15 is 0 Å². The smallest absolute Gasteiger partial charge is 0.318 e. The molecule has 3 unspecified atom stereocenters. The lowest BCUT2D eigenvalue weighted by molar-refractivity contribution is -0.126. The van der Waals surface area contributed by atoms with Crippen LogP contribution in [0.2, 0.25) is 5.02 Å². The van der Waals surface area contributed by atoms with Crippen molar-refractivity contribution in [3.8, 4) is 0 Å². The fourth-order valence-corrected chi connectivity index (χ4v) is 4.23. The van der Waals surface area contributed by atoms with Crippen molar-refractivity contribution < 1.29 is 18.4 Å². The van der Waals surface area contributed by atoms with Gasteiger partial charge in [0, 0.05) is 18.7 Å². The number of halogens is 3. The molecule has 8 heteroatoms. The largest absolute Gasteiger partial charge is 0.353 e. The van der Waals surface area contributed by atoms with E-state index in [4.69, 9.17) is 11.6 Å². The normalized spacial score (nSPS) is 26.6. The van der Waals surface area contributed by atoms with Crippen LogP contribution in [0.3, 0.4) is 0 Å². The van der Waals surface area contributed by atoms with E-state index in [9.17, 15) is 18.4 Å². The summed E-state index contributed by atoms with van der Waals surface area (Å²) in [5.41, 5.74) is 0.183. The highest BCUT2D eigenvalue weighted by molar-refractivity contribution is 6.31. The molecule has 1 aliphatic carbocycles. The standard InChI is InChI=1S/C19H24ClF2N3O2/c1-10-3-4-12(9-10)17(13-5-6-14(21)15(20)16(13)22)24-19(27)25-8-7-23-18(26)11(25)2/h5-6,10-12,17H,3-4,7-9H2,1-2H3,(H,23,26)(H,24,27)/t10?,11-,12?,17?/m1/s1. The third-order valence-electron chi connectivity index (χ3n) is 5.65. The Morgan fingerprint density at radius 3 is 2.74 bits per heavy atom. The maximum absolute atomic E-state index is 14.7. The van der Waals surface area contributed by atoms with Crippen LogP contribution in [-0.2, 0) is 4.79 Å². The SMILES string of the molecule is CC1CCC(C(NC(=O)N2CCNC(=O)[C@H]2C)c2ccc(F)c(Cl)c2F)C1. The van der Waals surface area contributed by atoms with Crippen molar-refractivity contribution in [3.05, 3.63) is 34.4 Å². The number of piperazine rings is 1. The minimum atomic E-state index is -0.842. The van der Waals surface area contributed by atoms with E-state index < -0.39 is 34.8 Å². The minimum Gasteiger partial charge on any atom is -0.353 e. The van der Waals surface area contributed by atoms with E-state index in [2.05, 4.69) is 17.6 Å². The van der Waals surface area contributed by atoms with E-state index in [0.717, 1.165) is 25.3 Å². The number of amides is 3. The van der Waals surface area contributed by atoms with Crippen LogP contribution in [0, 0.1) is 23.5 Å². The molecule has 0 radical (unpaired) electrons. The maximum atomic E-state index is 14.7. The first-order chi connectivity index (χ1) is 12.8. The van der Waals surface area contributed by atoms with Crippen LogP contribution in [0.5, 0.6) is 0 Å². The summed E-state index contributed by atoms with van der Waals surface area (Å²) in [6.45, 7) is 4.51. The lowest BCUT2D eigenvalue weighted by Gasteiger charge is -2.35. The molecule has 4 atom stereocenters. The number of rotatable bonds is 3. The zero-order valence-corrected chi connectivity index (χ0v) is 16.2. The van der Waals surface area contributed by atoms with E-state index in [1.165, 1.54) is 11.0 Å². The molecule has 2 aliphatic rings. The summed E-state index contributed by atoms with van der Waals surface area (Å²) in [7, 11) is 0. The van der Waals surface area contributed by atoms with Crippen LogP contribution in [-0.4, -0.2) is 36.0 Å². The molecule has 0 aromatic heterocycles. The highest BCUT2D eigenvalue weighted by atomic mass is 35.5. The van der Waals surface area contributed by atoms with Gasteiger partial charge < -0.3 is 15.5 Å². The average molecular weight is 400 g/mol. The zero-order valence-electron chi connectivity index (χ0n) is 15.4. The molecule has 0 spiro atoms. The van der Waals surface area contributed by atoms with Crippen LogP contribution >= 0.6 is 11.6 Å². The Morgan fingerprint density at radius 1 is 1.33 bits per heavy atom. The Hall–Kier alpha value is -1.89. The van der Waals surface area contributed by atoms with Crippen LogP contribution in [0.25, 0.3) is 0 Å². The van der Waals surface area contributed by atoms with Crippen molar-refractivity contribution in [2.45, 2.75) is 45.2 Å². The molecule has 1 aliphatic heterocycles. The van der Waals surface area contributed by atoms with Gasteiger partial charge in [-0.15, -0.1) is 0 Å². The van der Waals surface area contributed by atoms with Gasteiger partial charge in [-0.1, -0.05) is 31.0 Å². The average Bonchev–Trinajstić information content (AvgIpc) is 3.06. The molecule has 1 aromatic carbocycles. The third-order valence-corrected chi connectivity index (χ3v) is 5.99. The monoisotopic (exact) mass is 399 g/mol. The number of nitrogens with zero attached hydrogens (tertiary/aromatic N) is 1. The zero-order chi connectivity index (χ0) is 19.7. The van der Waals surface area contributed by atoms with Crippen molar-refractivity contribution in [3.63, 3.8) is 0 Å². The molecular formula is C19H24ClF2N3O2. The molecule has 1 heterocycles. The third kappa shape index (κ3) is 4.03. The van der Waals surface area contributed by atoms with E-state index in [-0.39, 0.29) is 17.4 Å². The van der Waals surface area contributed by atoms with Gasteiger partial charge in [0.2, 0.25) is 5.91 Å². The fraction of sp³-hybridized carbons (Fsp3) is 0.579. The second-order valence-electron chi connectivity index (χ2n) is 7.53. The molecule has 2 N–H and O–H groups in total. The highest BCUT2D eigenvalue weighted by Gasteiger charge is 2.36. The Morgan fingerprint density at radius 2 is 2.07 bits per heavy atom. The molecule has 1 aromatic rings. The summed E-state index contributed by atoms with van der Waals surface area (Å²) < 4.78 is 28.3. The lowest BCUT2D eigenvalue weighted by atomic mass is 9.90. The maximum Gasteiger partial charge on any atom is 0.318 e. The van der Waals surface area contributed by atoms with Crippen LogP contribution in [0.1, 0.15) is 44.7 Å². The van der Waals surface area contributed by atoms with Gasteiger partial charge in [0.1, 0.15) is 22.7 Å². The number of carbonyl (C=O) groups is 2. The first-order valence-electron chi connectivity index (χ1n) is 9.27. The van der Waals surface area contributed by atoms with Crippen LogP contribution in [0.4, 0.5) is 13.6 Å². The predicted octanol–water partition coefficient (Wildman–Crippen LogP) is 3.63. The van der Waals surface area contributed by atoms with Crippen molar-refractivity contribution in [1.82, 2.24) is 15.5 Å². The fourth-order valence-electron chi connectivity index (χ4n) is 4.06. The van der Waals surface area contributed by atoms with Crippen molar-refractivity contribution in [2.24, 2.45) is 11.8 Å². The van der Waals surface area contributed by atoms with Gasteiger partial charge in [-0.25, -0.2) is 13.6 Å². The Kier molecular flexibility index (Phi) is 5.89. The number of hydrogen-bond acceptors (Lipinski definition) is 2. The molecule has 0 bridgehead atoms. The molecule has 3 rings (SSSR count). The number of nitrogens with one attached hydrogen (secondary N) is 2. The van der Waals surface area contributed by atoms with Gasteiger partial charge in [0.15, 0.2) is 0 Å². The number of hydrogen-bond donors (Lipinski definition) is 2. The molecule has 148 valence electrons. The molecule has 27 heavy (non-hydrogen) atoms. The number of benzene rings is 1. The second-order valence-corrected chi connectivity index (χ2v) is 7.91. The summed E-state index contributed by atoms with van der Waals surface area (Å²) in [6, 6.07) is 0.801. The Labute approximate surface area is 162 Å². The topological polar surface area (TPSA) is 61.4 Å². The molecule has 5 nitrogen and oxygen atoms in total. The minimum absolute atomic E-state index is 0.0221. The molecule has 3 amide bonds. The van der Waals surface area contributed by atoms with Crippen LogP contribution in [0.15, 0.2) is 12.1 Å². The Bertz CT molecular complexity index is 746. The van der Waals surface area contributed by atoms with Crippen molar-refractivity contribution in [2.75, 3.05) is 13.1 Å². The van der Waals surface area contributed by atoms with Crippen LogP contribution < -0.4 is 10.6 Å². The summed E-state index contributed by atoms with van der Waals surface area (Å²) in [6.07, 6.45) is 2.64. The Balaban J connectivity index is 1.88. The van der Waals surface area contributed by atoms with Gasteiger partial charge in [0.25, 0.3) is 0 Å². The first-order valence-corrected chi connectivity index (χ1v) is 9.65. The van der Waals surface area contributed by atoms with Gasteiger partial charge in [-0.3, -0.25) is 4.79 Å². The number of carbonyl (C=O) groups excluding carboxylic acids is 2. The summed E-state index contributed by atoms with van der Waals surface area (Å²) in [5, 5.41) is 5.03. The molecule has 1 saturated carbocycles. The summed E-state index contributed by atoms with van der Waals surface area (Å²) in [4.78, 5) is 26.1. The molecule has 2 fully saturated rings. The van der Waals surface area contributed by atoms with Gasteiger partial charge in [0.05, 0.1) is 6.04 Å². The summed E-state index contributed by atoms with van der Waals surface area (Å²) in [5.74, 6) is -1.41. The predicted molar refractivity (Wildman–Crippen MR) is 98.3 cm³/mol. The van der Waals surface area contributed by atoms with E-state index in [0.29, 0.717) is 19.0 Å². The van der Waals surface area contributed by atoms with Crippen molar-refractivity contribution in [1.29, 1.82) is 0 Å². The highest BCUT2D eigenvalue weighted by Crippen LogP contribution is 2.40. The van der Waals surface area contributed by atoms with Gasteiger partial charge >= 0.3 is 6.03 Å². The quantitative estimate of drug-likeness (QED) is 0.762. The molecular weight excluding hydrogens is 376 g/mol. The number of urea groups is 1. The first kappa shape index (κ1) is 19.9. The van der Waals surface area contributed by atoms with E-state index in [1.54, 1.807) is 6.92 Å². The van der Waals surface area contributed by atoms with Gasteiger partial charge in [-0.05, 0) is 37.7 Å². The van der Waals surface area contributed by atoms with E-state index in [1.807, 2.05) is 0 Å².